The number of rotatable bonds is 5. The number of hydrogen-bond donors (Lipinski definition) is 1. The summed E-state index contributed by atoms with van der Waals surface area (Å²) in [7, 11) is 2.01. The Kier molecular flexibility index (Phi) is 4.13. The Morgan fingerprint density at radius 2 is 2.10 bits per heavy atom. The van der Waals surface area contributed by atoms with E-state index in [0.29, 0.717) is 6.04 Å². The second-order valence-corrected chi connectivity index (χ2v) is 6.62. The number of aromatic nitrogens is 2. The zero-order valence-corrected chi connectivity index (χ0v) is 13.0. The number of fused-ring (bicyclic) bond motifs is 2. The van der Waals surface area contributed by atoms with Crippen molar-refractivity contribution >= 4 is 0 Å². The molecule has 2 fully saturated rings. The molecule has 4 nitrogen and oxygen atoms in total. The maximum absolute atomic E-state index is 4.35. The fourth-order valence-electron chi connectivity index (χ4n) is 4.10. The molecule has 0 saturated carbocycles. The van der Waals surface area contributed by atoms with Crippen LogP contribution >= 0.6 is 0 Å². The van der Waals surface area contributed by atoms with Crippen molar-refractivity contribution in [1.82, 2.24) is 20.0 Å². The number of piperidine rings is 1. The Morgan fingerprint density at radius 1 is 1.40 bits per heavy atom. The van der Waals surface area contributed by atoms with Gasteiger partial charge in [0.25, 0.3) is 0 Å². The first-order valence-corrected chi connectivity index (χ1v) is 8.17. The fourth-order valence-corrected chi connectivity index (χ4v) is 4.10. The van der Waals surface area contributed by atoms with Crippen molar-refractivity contribution in [3.8, 4) is 0 Å². The van der Waals surface area contributed by atoms with Gasteiger partial charge in [-0.05, 0) is 45.6 Å². The maximum atomic E-state index is 4.35. The third-order valence-corrected chi connectivity index (χ3v) is 5.10. The van der Waals surface area contributed by atoms with Gasteiger partial charge < -0.3 is 5.32 Å². The summed E-state index contributed by atoms with van der Waals surface area (Å²) in [6.45, 7) is 5.83. The molecule has 0 amide bonds. The van der Waals surface area contributed by atoms with Crippen LogP contribution in [0.4, 0.5) is 0 Å². The van der Waals surface area contributed by atoms with Crippen LogP contribution in [0.5, 0.6) is 0 Å². The predicted octanol–water partition coefficient (Wildman–Crippen LogP) is 2.48. The lowest BCUT2D eigenvalue weighted by atomic mass is 9.95. The van der Waals surface area contributed by atoms with E-state index >= 15 is 0 Å². The average Bonchev–Trinajstić information content (AvgIpc) is 3.01. The summed E-state index contributed by atoms with van der Waals surface area (Å²) in [6, 6.07) is 2.74. The molecule has 2 bridgehead atoms. The van der Waals surface area contributed by atoms with Gasteiger partial charge in [-0.1, -0.05) is 6.92 Å². The van der Waals surface area contributed by atoms with Crippen LogP contribution in [0, 0.1) is 0 Å². The summed E-state index contributed by atoms with van der Waals surface area (Å²) < 4.78 is 1.92. The monoisotopic (exact) mass is 276 g/mol. The van der Waals surface area contributed by atoms with Crippen LogP contribution in [0.15, 0.2) is 12.4 Å². The second-order valence-electron chi connectivity index (χ2n) is 6.62. The molecule has 0 spiro atoms. The highest BCUT2D eigenvalue weighted by atomic mass is 15.3. The molecule has 3 rings (SSSR count). The van der Waals surface area contributed by atoms with Gasteiger partial charge in [0.05, 0.1) is 6.20 Å². The van der Waals surface area contributed by atoms with Gasteiger partial charge in [0.15, 0.2) is 0 Å². The molecule has 112 valence electrons. The Morgan fingerprint density at radius 3 is 2.65 bits per heavy atom. The van der Waals surface area contributed by atoms with Gasteiger partial charge in [-0.25, -0.2) is 0 Å². The first kappa shape index (κ1) is 14.1. The summed E-state index contributed by atoms with van der Waals surface area (Å²) in [5.41, 5.74) is 1.35. The van der Waals surface area contributed by atoms with Gasteiger partial charge in [0, 0.05) is 43.0 Å². The van der Waals surface area contributed by atoms with Crippen molar-refractivity contribution in [2.45, 2.75) is 70.1 Å². The zero-order chi connectivity index (χ0) is 14.1. The van der Waals surface area contributed by atoms with Crippen LogP contribution in [0.1, 0.15) is 57.6 Å². The standard InChI is InChI=1S/C16H28N4/c1-4-7-20(12(2)13-10-17-19(3)11-13)16-8-14-5-6-15(9-16)18-14/h10-12,14-16,18H,4-9H2,1-3H3. The number of nitrogens with zero attached hydrogens (tertiary/aromatic N) is 3. The molecule has 1 aromatic rings. The van der Waals surface area contributed by atoms with E-state index in [4.69, 9.17) is 0 Å². The lowest BCUT2D eigenvalue weighted by molar-refractivity contribution is 0.101. The molecule has 20 heavy (non-hydrogen) atoms. The summed E-state index contributed by atoms with van der Waals surface area (Å²) in [6.07, 6.45) is 10.8. The summed E-state index contributed by atoms with van der Waals surface area (Å²) >= 11 is 0. The van der Waals surface area contributed by atoms with Gasteiger partial charge in [0.2, 0.25) is 0 Å². The molecule has 3 unspecified atom stereocenters. The molecule has 0 radical (unpaired) electrons. The molecule has 0 aliphatic carbocycles. The topological polar surface area (TPSA) is 33.1 Å². The largest absolute Gasteiger partial charge is 0.311 e. The normalized spacial score (nSPS) is 30.9. The lowest BCUT2D eigenvalue weighted by Gasteiger charge is -2.41. The molecule has 1 aromatic heterocycles. The van der Waals surface area contributed by atoms with Gasteiger partial charge in [-0.2, -0.15) is 5.10 Å². The average molecular weight is 276 g/mol. The SMILES string of the molecule is CCCN(C1CC2CCC(C1)N2)C(C)c1cnn(C)c1. The predicted molar refractivity (Wildman–Crippen MR) is 81.6 cm³/mol. The minimum atomic E-state index is 0.478. The van der Waals surface area contributed by atoms with Crippen LogP contribution in [-0.2, 0) is 7.05 Å². The zero-order valence-electron chi connectivity index (χ0n) is 13.0. The first-order chi connectivity index (χ1) is 9.67. The molecule has 2 saturated heterocycles. The molecular weight excluding hydrogens is 248 g/mol. The van der Waals surface area contributed by atoms with Gasteiger partial charge in [0.1, 0.15) is 0 Å². The van der Waals surface area contributed by atoms with Crippen molar-refractivity contribution in [3.63, 3.8) is 0 Å². The van der Waals surface area contributed by atoms with Gasteiger partial charge in [-0.3, -0.25) is 9.58 Å². The molecule has 2 aliphatic rings. The van der Waals surface area contributed by atoms with Crippen LogP contribution in [0.25, 0.3) is 0 Å². The minimum absolute atomic E-state index is 0.478. The highest BCUT2D eigenvalue weighted by molar-refractivity contribution is 5.10. The quantitative estimate of drug-likeness (QED) is 0.897. The third kappa shape index (κ3) is 2.77. The molecule has 3 heterocycles. The van der Waals surface area contributed by atoms with Crippen LogP contribution < -0.4 is 5.32 Å². The third-order valence-electron chi connectivity index (χ3n) is 5.10. The molecular formula is C16H28N4. The van der Waals surface area contributed by atoms with Crippen molar-refractivity contribution in [3.05, 3.63) is 18.0 Å². The van der Waals surface area contributed by atoms with Crippen LogP contribution in [-0.4, -0.2) is 39.4 Å². The van der Waals surface area contributed by atoms with E-state index < -0.39 is 0 Å². The van der Waals surface area contributed by atoms with Crippen LogP contribution in [0.3, 0.4) is 0 Å². The molecule has 3 atom stereocenters. The van der Waals surface area contributed by atoms with E-state index in [-0.39, 0.29) is 0 Å². The molecule has 2 aliphatic heterocycles. The number of aryl methyl sites for hydroxylation is 1. The lowest BCUT2D eigenvalue weighted by Crippen LogP contribution is -2.49. The van der Waals surface area contributed by atoms with E-state index in [9.17, 15) is 0 Å². The maximum Gasteiger partial charge on any atom is 0.0537 e. The Hall–Kier alpha value is -0.870. The van der Waals surface area contributed by atoms with Crippen molar-refractivity contribution in [2.75, 3.05) is 6.54 Å². The highest BCUT2D eigenvalue weighted by Crippen LogP contribution is 2.33. The minimum Gasteiger partial charge on any atom is -0.311 e. The highest BCUT2D eigenvalue weighted by Gasteiger charge is 2.37. The van der Waals surface area contributed by atoms with Crippen LogP contribution in [0.2, 0.25) is 0 Å². The molecule has 1 N–H and O–H groups in total. The van der Waals surface area contributed by atoms with Gasteiger partial charge >= 0.3 is 0 Å². The Labute approximate surface area is 122 Å². The second kappa shape index (κ2) is 5.86. The number of hydrogen-bond acceptors (Lipinski definition) is 3. The van der Waals surface area contributed by atoms with E-state index in [1.165, 1.54) is 44.2 Å². The fraction of sp³-hybridized carbons (Fsp3) is 0.812. The van der Waals surface area contributed by atoms with E-state index in [0.717, 1.165) is 18.1 Å². The summed E-state index contributed by atoms with van der Waals surface area (Å²) in [5.74, 6) is 0. The molecule has 0 aromatic carbocycles. The van der Waals surface area contributed by atoms with E-state index in [1.54, 1.807) is 0 Å². The Bertz CT molecular complexity index is 429. The smallest absolute Gasteiger partial charge is 0.0537 e. The van der Waals surface area contributed by atoms with Crippen molar-refractivity contribution in [1.29, 1.82) is 0 Å². The van der Waals surface area contributed by atoms with Crippen molar-refractivity contribution < 1.29 is 0 Å². The number of nitrogens with one attached hydrogen (secondary N) is 1. The summed E-state index contributed by atoms with van der Waals surface area (Å²) in [4.78, 5) is 2.73. The van der Waals surface area contributed by atoms with Crippen molar-refractivity contribution in [2.24, 2.45) is 7.05 Å². The van der Waals surface area contributed by atoms with Gasteiger partial charge in [-0.15, -0.1) is 0 Å². The van der Waals surface area contributed by atoms with E-state index in [2.05, 4.69) is 35.4 Å². The Balaban J connectivity index is 1.74. The first-order valence-electron chi connectivity index (χ1n) is 8.17. The molecule has 4 heteroatoms. The summed E-state index contributed by atoms with van der Waals surface area (Å²) in [5, 5.41) is 8.10. The van der Waals surface area contributed by atoms with E-state index in [1.807, 2.05) is 17.9 Å².